The molecule has 2 amide bonds. The van der Waals surface area contributed by atoms with Crippen LogP contribution in [0, 0.1) is 6.92 Å². The maximum absolute atomic E-state index is 13.5. The highest BCUT2D eigenvalue weighted by Crippen LogP contribution is 2.24. The van der Waals surface area contributed by atoms with Gasteiger partial charge in [0.1, 0.15) is 11.8 Å². The Morgan fingerprint density at radius 2 is 1.60 bits per heavy atom. The van der Waals surface area contributed by atoms with Gasteiger partial charge in [0.05, 0.1) is 10.0 Å². The molecule has 0 fully saturated rings. The van der Waals surface area contributed by atoms with E-state index in [1.165, 1.54) is 0 Å². The number of hydrogen-bond donors (Lipinski definition) is 1. The zero-order chi connectivity index (χ0) is 25.4. The number of carbonyl (C=O) groups excluding carboxylic acids is 2. The highest BCUT2D eigenvalue weighted by molar-refractivity contribution is 6.42. The Balaban J connectivity index is 1.92. The second-order valence-corrected chi connectivity index (χ2v) is 9.56. The number of carbonyl (C=O) groups is 2. The molecule has 3 rings (SSSR count). The van der Waals surface area contributed by atoms with Gasteiger partial charge < -0.3 is 15.0 Å². The van der Waals surface area contributed by atoms with Gasteiger partial charge >= 0.3 is 0 Å². The van der Waals surface area contributed by atoms with Crippen molar-refractivity contribution in [2.75, 3.05) is 6.61 Å². The summed E-state index contributed by atoms with van der Waals surface area (Å²) < 4.78 is 5.78. The van der Waals surface area contributed by atoms with Gasteiger partial charge in [-0.05, 0) is 56.2 Å². The number of ether oxygens (including phenoxy) is 1. The average molecular weight is 513 g/mol. The third-order valence-electron chi connectivity index (χ3n) is 5.42. The Bertz CT molecular complexity index is 1130. The lowest BCUT2D eigenvalue weighted by Gasteiger charge is -2.32. The second kappa shape index (κ2) is 12.6. The average Bonchev–Trinajstić information content (AvgIpc) is 2.83. The van der Waals surface area contributed by atoms with Crippen molar-refractivity contribution in [3.63, 3.8) is 0 Å². The lowest BCUT2D eigenvalue weighted by Crippen LogP contribution is -2.52. The van der Waals surface area contributed by atoms with E-state index in [4.69, 9.17) is 27.9 Å². The molecule has 7 heteroatoms. The first-order chi connectivity index (χ1) is 16.7. The van der Waals surface area contributed by atoms with Crippen molar-refractivity contribution in [1.82, 2.24) is 10.2 Å². The molecule has 0 aliphatic carbocycles. The third kappa shape index (κ3) is 8.01. The molecule has 3 aromatic rings. The van der Waals surface area contributed by atoms with E-state index in [0.29, 0.717) is 22.2 Å². The van der Waals surface area contributed by atoms with Crippen LogP contribution >= 0.6 is 23.2 Å². The maximum atomic E-state index is 13.5. The molecule has 3 aromatic carbocycles. The van der Waals surface area contributed by atoms with Crippen LogP contribution in [0.25, 0.3) is 0 Å². The smallest absolute Gasteiger partial charge is 0.261 e. The summed E-state index contributed by atoms with van der Waals surface area (Å²) in [5, 5.41) is 3.78. The number of amides is 2. The highest BCUT2D eigenvalue weighted by atomic mass is 35.5. The van der Waals surface area contributed by atoms with Gasteiger partial charge in [-0.3, -0.25) is 9.59 Å². The molecule has 0 bridgehead atoms. The van der Waals surface area contributed by atoms with Gasteiger partial charge in [-0.1, -0.05) is 77.3 Å². The Kier molecular flexibility index (Phi) is 9.58. The summed E-state index contributed by atoms with van der Waals surface area (Å²) in [5.74, 6) is 0.0498. The molecule has 184 valence electrons. The highest BCUT2D eigenvalue weighted by Gasteiger charge is 2.31. The van der Waals surface area contributed by atoms with E-state index in [1.54, 1.807) is 23.1 Å². The van der Waals surface area contributed by atoms with E-state index >= 15 is 0 Å². The molecule has 0 heterocycles. The van der Waals surface area contributed by atoms with E-state index in [-0.39, 0.29) is 31.0 Å². The van der Waals surface area contributed by atoms with E-state index < -0.39 is 6.04 Å². The largest absolute Gasteiger partial charge is 0.484 e. The summed E-state index contributed by atoms with van der Waals surface area (Å²) in [6, 6.07) is 21.5. The van der Waals surface area contributed by atoms with Crippen LogP contribution in [0.5, 0.6) is 5.75 Å². The number of aryl methyl sites for hydroxylation is 1. The van der Waals surface area contributed by atoms with E-state index in [1.807, 2.05) is 75.4 Å². The van der Waals surface area contributed by atoms with Crippen LogP contribution in [0.2, 0.25) is 10.0 Å². The zero-order valence-corrected chi connectivity index (χ0v) is 21.6. The first-order valence-electron chi connectivity index (χ1n) is 11.5. The lowest BCUT2D eigenvalue weighted by atomic mass is 10.0. The molecule has 0 saturated carbocycles. The number of benzene rings is 3. The van der Waals surface area contributed by atoms with Crippen LogP contribution in [0.15, 0.2) is 72.8 Å². The summed E-state index contributed by atoms with van der Waals surface area (Å²) in [6.07, 6.45) is 0.358. The van der Waals surface area contributed by atoms with Crippen molar-refractivity contribution < 1.29 is 14.3 Å². The SMILES string of the molecule is Cc1ccc(OCC(=O)N(Cc2ccc(Cl)c(Cl)c2)[C@@H](Cc2ccccc2)C(=O)NC(C)C)cc1. The summed E-state index contributed by atoms with van der Waals surface area (Å²) in [4.78, 5) is 28.4. The van der Waals surface area contributed by atoms with Crippen molar-refractivity contribution in [2.45, 2.75) is 45.8 Å². The van der Waals surface area contributed by atoms with Crippen LogP contribution in [-0.4, -0.2) is 35.4 Å². The van der Waals surface area contributed by atoms with Gasteiger partial charge in [0, 0.05) is 19.0 Å². The first-order valence-corrected chi connectivity index (χ1v) is 12.3. The molecule has 1 N–H and O–H groups in total. The monoisotopic (exact) mass is 512 g/mol. The predicted octanol–water partition coefficient (Wildman–Crippen LogP) is 5.85. The van der Waals surface area contributed by atoms with Gasteiger partial charge in [0.25, 0.3) is 5.91 Å². The van der Waals surface area contributed by atoms with Gasteiger partial charge in [0.15, 0.2) is 6.61 Å². The van der Waals surface area contributed by atoms with Gasteiger partial charge in [-0.2, -0.15) is 0 Å². The second-order valence-electron chi connectivity index (χ2n) is 8.74. The Morgan fingerprint density at radius 3 is 2.23 bits per heavy atom. The minimum Gasteiger partial charge on any atom is -0.484 e. The van der Waals surface area contributed by atoms with Crippen molar-refractivity contribution in [3.8, 4) is 5.75 Å². The molecular formula is C28H30Cl2N2O3. The Morgan fingerprint density at radius 1 is 0.914 bits per heavy atom. The zero-order valence-electron chi connectivity index (χ0n) is 20.1. The summed E-state index contributed by atoms with van der Waals surface area (Å²) in [5.41, 5.74) is 2.81. The van der Waals surface area contributed by atoms with E-state index in [9.17, 15) is 9.59 Å². The molecule has 1 atom stereocenters. The third-order valence-corrected chi connectivity index (χ3v) is 6.16. The maximum Gasteiger partial charge on any atom is 0.261 e. The topological polar surface area (TPSA) is 58.6 Å². The van der Waals surface area contributed by atoms with Crippen molar-refractivity contribution in [1.29, 1.82) is 0 Å². The summed E-state index contributed by atoms with van der Waals surface area (Å²) >= 11 is 12.3. The molecule has 5 nitrogen and oxygen atoms in total. The molecule has 0 saturated heterocycles. The van der Waals surface area contributed by atoms with Crippen molar-refractivity contribution in [3.05, 3.63) is 99.5 Å². The van der Waals surface area contributed by atoms with Crippen LogP contribution in [-0.2, 0) is 22.6 Å². The van der Waals surface area contributed by atoms with Gasteiger partial charge in [-0.25, -0.2) is 0 Å². The van der Waals surface area contributed by atoms with Crippen LogP contribution in [0.4, 0.5) is 0 Å². The Hall–Kier alpha value is -3.02. The molecule has 0 aromatic heterocycles. The molecule has 0 radical (unpaired) electrons. The minimum atomic E-state index is -0.747. The Labute approximate surface area is 217 Å². The quantitative estimate of drug-likeness (QED) is 0.370. The lowest BCUT2D eigenvalue weighted by molar-refractivity contribution is -0.143. The molecular weight excluding hydrogens is 483 g/mol. The first kappa shape index (κ1) is 26.6. The summed E-state index contributed by atoms with van der Waals surface area (Å²) in [7, 11) is 0. The van der Waals surface area contributed by atoms with Crippen LogP contribution < -0.4 is 10.1 Å². The number of halogens is 2. The fourth-order valence-corrected chi connectivity index (χ4v) is 3.95. The van der Waals surface area contributed by atoms with Gasteiger partial charge in [-0.15, -0.1) is 0 Å². The van der Waals surface area contributed by atoms with Crippen molar-refractivity contribution >= 4 is 35.0 Å². The number of nitrogens with one attached hydrogen (secondary N) is 1. The van der Waals surface area contributed by atoms with E-state index in [2.05, 4.69) is 5.32 Å². The minimum absolute atomic E-state index is 0.0773. The predicted molar refractivity (Wildman–Crippen MR) is 141 cm³/mol. The standard InChI is InChI=1S/C28H30Cl2N2O3/c1-19(2)31-28(34)26(16-21-7-5-4-6-8-21)32(17-22-11-14-24(29)25(30)15-22)27(33)18-35-23-12-9-20(3)10-13-23/h4-15,19,26H,16-18H2,1-3H3,(H,31,34)/t26-/m0/s1. The van der Waals surface area contributed by atoms with Gasteiger partial charge in [0.2, 0.25) is 5.91 Å². The number of rotatable bonds is 10. The number of nitrogens with zero attached hydrogens (tertiary/aromatic N) is 1. The molecule has 0 unspecified atom stereocenters. The normalized spacial score (nSPS) is 11.7. The summed E-state index contributed by atoms with van der Waals surface area (Å²) in [6.45, 7) is 5.74. The molecule has 35 heavy (non-hydrogen) atoms. The molecule has 0 spiro atoms. The fourth-order valence-electron chi connectivity index (χ4n) is 3.63. The van der Waals surface area contributed by atoms with Crippen LogP contribution in [0.1, 0.15) is 30.5 Å². The van der Waals surface area contributed by atoms with Crippen molar-refractivity contribution in [2.24, 2.45) is 0 Å². The number of hydrogen-bond acceptors (Lipinski definition) is 3. The molecule has 0 aliphatic heterocycles. The van der Waals surface area contributed by atoms with Crippen LogP contribution in [0.3, 0.4) is 0 Å². The molecule has 0 aliphatic rings. The van der Waals surface area contributed by atoms with E-state index in [0.717, 1.165) is 16.7 Å². The fraction of sp³-hybridized carbons (Fsp3) is 0.286.